The van der Waals surface area contributed by atoms with Crippen molar-refractivity contribution >= 4 is 11.6 Å². The third-order valence-electron chi connectivity index (χ3n) is 4.97. The first-order valence-electron chi connectivity index (χ1n) is 9.15. The maximum Gasteiger partial charge on any atom is 0.244 e. The molecule has 1 saturated heterocycles. The summed E-state index contributed by atoms with van der Waals surface area (Å²) in [5.41, 5.74) is 2.02. The highest BCUT2D eigenvalue weighted by atomic mass is 35.5. The minimum absolute atomic E-state index is 0.0931. The van der Waals surface area contributed by atoms with Crippen molar-refractivity contribution in [1.29, 1.82) is 0 Å². The van der Waals surface area contributed by atoms with E-state index >= 15 is 0 Å². The summed E-state index contributed by atoms with van der Waals surface area (Å²) in [5.74, 6) is 1.25. The van der Waals surface area contributed by atoms with E-state index in [-0.39, 0.29) is 6.04 Å². The number of halogens is 1. The lowest BCUT2D eigenvalue weighted by Crippen LogP contribution is -2.46. The van der Waals surface area contributed by atoms with Gasteiger partial charge in [-0.15, -0.1) is 0 Å². The third kappa shape index (κ3) is 4.35. The van der Waals surface area contributed by atoms with Crippen molar-refractivity contribution in [1.82, 2.24) is 24.9 Å². The van der Waals surface area contributed by atoms with E-state index in [9.17, 15) is 0 Å². The summed E-state index contributed by atoms with van der Waals surface area (Å²) in [5, 5.41) is 4.82. The Morgan fingerprint density at radius 3 is 2.56 bits per heavy atom. The molecule has 6 nitrogen and oxygen atoms in total. The fourth-order valence-corrected chi connectivity index (χ4v) is 3.43. The SMILES string of the molecule is CC(c1nc(-c2ccc(Cl)cc2)no1)N1CCN(Cc2ccccn2)CC1. The fraction of sp³-hybridized carbons (Fsp3) is 0.350. The molecule has 1 unspecified atom stereocenters. The zero-order valence-electron chi connectivity index (χ0n) is 15.3. The predicted octanol–water partition coefficient (Wildman–Crippen LogP) is 3.66. The van der Waals surface area contributed by atoms with E-state index < -0.39 is 0 Å². The standard InChI is InChI=1S/C20H22ClN5O/c1-15(20-23-19(24-27-20)16-5-7-17(21)8-6-16)26-12-10-25(11-13-26)14-18-4-2-3-9-22-18/h2-9,15H,10-14H2,1H3. The third-order valence-corrected chi connectivity index (χ3v) is 5.22. The second-order valence-electron chi connectivity index (χ2n) is 6.77. The molecule has 1 fully saturated rings. The Balaban J connectivity index is 1.35. The quantitative estimate of drug-likeness (QED) is 0.670. The number of hydrogen-bond donors (Lipinski definition) is 0. The van der Waals surface area contributed by atoms with Gasteiger partial charge in [0.05, 0.1) is 11.7 Å². The smallest absolute Gasteiger partial charge is 0.244 e. The van der Waals surface area contributed by atoms with Gasteiger partial charge in [0.25, 0.3) is 0 Å². The molecule has 0 radical (unpaired) electrons. The van der Waals surface area contributed by atoms with Gasteiger partial charge in [0, 0.05) is 49.5 Å². The van der Waals surface area contributed by atoms with E-state index in [1.54, 1.807) is 0 Å². The molecule has 1 aromatic carbocycles. The van der Waals surface area contributed by atoms with Gasteiger partial charge < -0.3 is 4.52 Å². The van der Waals surface area contributed by atoms with Crippen LogP contribution in [0.4, 0.5) is 0 Å². The topological polar surface area (TPSA) is 58.3 Å². The number of pyridine rings is 1. The van der Waals surface area contributed by atoms with Crippen LogP contribution in [0.2, 0.25) is 5.02 Å². The largest absolute Gasteiger partial charge is 0.337 e. The summed E-state index contributed by atoms with van der Waals surface area (Å²) in [6, 6.07) is 13.6. The lowest BCUT2D eigenvalue weighted by Gasteiger charge is -2.36. The Labute approximate surface area is 163 Å². The average Bonchev–Trinajstić information content (AvgIpc) is 3.20. The predicted molar refractivity (Wildman–Crippen MR) is 104 cm³/mol. The molecular weight excluding hydrogens is 362 g/mol. The minimum atomic E-state index is 0.0931. The molecule has 1 atom stereocenters. The fourth-order valence-electron chi connectivity index (χ4n) is 3.31. The first-order valence-corrected chi connectivity index (χ1v) is 9.53. The van der Waals surface area contributed by atoms with Crippen molar-refractivity contribution in [2.24, 2.45) is 0 Å². The number of piperazine rings is 1. The van der Waals surface area contributed by atoms with Gasteiger partial charge in [0.1, 0.15) is 0 Å². The maximum atomic E-state index is 5.94. The van der Waals surface area contributed by atoms with Crippen LogP contribution in [0, 0.1) is 0 Å². The lowest BCUT2D eigenvalue weighted by molar-refractivity contribution is 0.0839. The van der Waals surface area contributed by atoms with E-state index in [2.05, 4.69) is 37.9 Å². The summed E-state index contributed by atoms with van der Waals surface area (Å²) in [4.78, 5) is 13.8. The number of nitrogens with zero attached hydrogens (tertiary/aromatic N) is 5. The van der Waals surface area contributed by atoms with Crippen molar-refractivity contribution in [3.8, 4) is 11.4 Å². The average molecular weight is 384 g/mol. The van der Waals surface area contributed by atoms with Gasteiger partial charge in [-0.3, -0.25) is 14.8 Å². The van der Waals surface area contributed by atoms with Crippen LogP contribution in [0.25, 0.3) is 11.4 Å². The summed E-state index contributed by atoms with van der Waals surface area (Å²) in [7, 11) is 0. The van der Waals surface area contributed by atoms with Crippen LogP contribution in [0.1, 0.15) is 24.6 Å². The van der Waals surface area contributed by atoms with Crippen LogP contribution in [0.3, 0.4) is 0 Å². The van der Waals surface area contributed by atoms with E-state index in [4.69, 9.17) is 16.1 Å². The molecule has 1 aliphatic rings. The maximum absolute atomic E-state index is 5.94. The normalized spacial score (nSPS) is 17.1. The van der Waals surface area contributed by atoms with Gasteiger partial charge >= 0.3 is 0 Å². The highest BCUT2D eigenvalue weighted by molar-refractivity contribution is 6.30. The first kappa shape index (κ1) is 18.1. The summed E-state index contributed by atoms with van der Waals surface area (Å²) in [6.45, 7) is 6.94. The number of hydrogen-bond acceptors (Lipinski definition) is 6. The van der Waals surface area contributed by atoms with Crippen LogP contribution in [-0.4, -0.2) is 51.1 Å². The molecule has 0 amide bonds. The van der Waals surface area contributed by atoms with E-state index in [0.717, 1.165) is 44.0 Å². The molecule has 0 spiro atoms. The van der Waals surface area contributed by atoms with E-state index in [1.165, 1.54) is 0 Å². The van der Waals surface area contributed by atoms with Crippen LogP contribution < -0.4 is 0 Å². The molecule has 7 heteroatoms. The molecule has 3 aromatic rings. The van der Waals surface area contributed by atoms with Crippen molar-refractivity contribution in [2.75, 3.05) is 26.2 Å². The van der Waals surface area contributed by atoms with Crippen molar-refractivity contribution in [2.45, 2.75) is 19.5 Å². The van der Waals surface area contributed by atoms with Crippen LogP contribution >= 0.6 is 11.6 Å². The molecule has 0 bridgehead atoms. The Kier molecular flexibility index (Phi) is 5.48. The van der Waals surface area contributed by atoms with Gasteiger partial charge in [0.2, 0.25) is 11.7 Å². The highest BCUT2D eigenvalue weighted by Crippen LogP contribution is 2.24. The zero-order chi connectivity index (χ0) is 18.6. The van der Waals surface area contributed by atoms with Crippen LogP contribution in [0.5, 0.6) is 0 Å². The molecule has 0 aliphatic carbocycles. The summed E-state index contributed by atoms with van der Waals surface area (Å²) < 4.78 is 5.53. The monoisotopic (exact) mass is 383 g/mol. The Hall–Kier alpha value is -2.28. The molecule has 1 aliphatic heterocycles. The molecule has 140 valence electrons. The van der Waals surface area contributed by atoms with Crippen molar-refractivity contribution < 1.29 is 4.52 Å². The molecule has 3 heterocycles. The summed E-state index contributed by atoms with van der Waals surface area (Å²) >= 11 is 5.94. The Bertz CT molecular complexity index is 860. The number of rotatable bonds is 5. The van der Waals surface area contributed by atoms with Crippen LogP contribution in [-0.2, 0) is 6.54 Å². The number of aromatic nitrogens is 3. The lowest BCUT2D eigenvalue weighted by atomic mass is 10.2. The molecule has 2 aromatic heterocycles. The Morgan fingerprint density at radius 1 is 1.07 bits per heavy atom. The Morgan fingerprint density at radius 2 is 1.85 bits per heavy atom. The van der Waals surface area contributed by atoms with Crippen molar-refractivity contribution in [3.63, 3.8) is 0 Å². The number of benzene rings is 1. The highest BCUT2D eigenvalue weighted by Gasteiger charge is 2.26. The second kappa shape index (κ2) is 8.17. The van der Waals surface area contributed by atoms with Gasteiger partial charge in [0.15, 0.2) is 0 Å². The van der Waals surface area contributed by atoms with E-state index in [0.29, 0.717) is 16.7 Å². The van der Waals surface area contributed by atoms with Gasteiger partial charge in [-0.05, 0) is 43.3 Å². The first-order chi connectivity index (χ1) is 13.2. The van der Waals surface area contributed by atoms with Gasteiger partial charge in [-0.1, -0.05) is 22.8 Å². The minimum Gasteiger partial charge on any atom is -0.337 e. The molecule has 0 N–H and O–H groups in total. The van der Waals surface area contributed by atoms with Crippen LogP contribution in [0.15, 0.2) is 53.2 Å². The molecular formula is C20H22ClN5O. The van der Waals surface area contributed by atoms with Gasteiger partial charge in [-0.25, -0.2) is 0 Å². The van der Waals surface area contributed by atoms with Crippen molar-refractivity contribution in [3.05, 3.63) is 65.3 Å². The second-order valence-corrected chi connectivity index (χ2v) is 7.21. The zero-order valence-corrected chi connectivity index (χ0v) is 16.0. The van der Waals surface area contributed by atoms with Gasteiger partial charge in [-0.2, -0.15) is 4.98 Å². The summed E-state index contributed by atoms with van der Waals surface area (Å²) in [6.07, 6.45) is 1.85. The molecule has 0 saturated carbocycles. The molecule has 4 rings (SSSR count). The molecule has 27 heavy (non-hydrogen) atoms. The van der Waals surface area contributed by atoms with E-state index in [1.807, 2.05) is 42.6 Å².